The van der Waals surface area contributed by atoms with Crippen LogP contribution >= 0.6 is 0 Å². The highest BCUT2D eigenvalue weighted by Crippen LogP contribution is 2.31. The molecule has 3 rings (SSSR count). The molecular formula is C19H21N3O5. The Labute approximate surface area is 154 Å². The zero-order valence-electron chi connectivity index (χ0n) is 15.0. The molecule has 0 saturated heterocycles. The van der Waals surface area contributed by atoms with E-state index in [1.807, 2.05) is 35.9 Å². The van der Waals surface area contributed by atoms with E-state index in [2.05, 4.69) is 10.3 Å². The molecule has 142 valence electrons. The van der Waals surface area contributed by atoms with Gasteiger partial charge in [0.2, 0.25) is 0 Å². The molecule has 0 saturated carbocycles. The Morgan fingerprint density at radius 1 is 1.30 bits per heavy atom. The van der Waals surface area contributed by atoms with E-state index < -0.39 is 22.8 Å². The standard InChI is InChI=1S/C19H21N3O5/c1-10-16(21-18(25)15(17(10)24)19(26)27)11-3-4-14-12(7-11)8-13(22(14)2)9-20-5-6-23/h3-4,7-8,20,23H,5-6,9H2,1-2H3,(H,26,27)(H2,21,24,25). The molecule has 8 heteroatoms. The predicted molar refractivity (Wildman–Crippen MR) is 101 cm³/mol. The number of H-pyrrole nitrogens is 1. The minimum absolute atomic E-state index is 0.0660. The number of carboxylic acids is 1. The number of hydrogen-bond donors (Lipinski definition) is 5. The van der Waals surface area contributed by atoms with E-state index in [1.54, 1.807) is 6.92 Å². The Hall–Kier alpha value is -3.10. The van der Waals surface area contributed by atoms with E-state index in [-0.39, 0.29) is 6.61 Å². The lowest BCUT2D eigenvalue weighted by molar-refractivity contribution is 0.0691. The molecule has 5 N–H and O–H groups in total. The molecular weight excluding hydrogens is 350 g/mol. The van der Waals surface area contributed by atoms with Crippen LogP contribution < -0.4 is 10.9 Å². The third kappa shape index (κ3) is 3.32. The highest BCUT2D eigenvalue weighted by atomic mass is 16.4. The van der Waals surface area contributed by atoms with Crippen molar-refractivity contribution in [2.45, 2.75) is 13.5 Å². The number of nitrogens with one attached hydrogen (secondary N) is 2. The zero-order valence-corrected chi connectivity index (χ0v) is 15.0. The van der Waals surface area contributed by atoms with Gasteiger partial charge in [0.05, 0.1) is 12.3 Å². The van der Waals surface area contributed by atoms with Crippen LogP contribution in [-0.4, -0.2) is 44.0 Å². The zero-order chi connectivity index (χ0) is 19.7. The molecule has 0 aliphatic heterocycles. The molecule has 0 fully saturated rings. The number of aromatic amines is 1. The Balaban J connectivity index is 2.08. The van der Waals surface area contributed by atoms with Crippen LogP contribution in [0.3, 0.4) is 0 Å². The third-order valence-electron chi connectivity index (χ3n) is 4.67. The SMILES string of the molecule is Cc1c(-c2ccc3c(c2)cc(CNCCO)n3C)[nH]c(=O)c(C(=O)O)c1O. The van der Waals surface area contributed by atoms with Gasteiger partial charge in [0.15, 0.2) is 5.56 Å². The van der Waals surface area contributed by atoms with Gasteiger partial charge in [-0.05, 0) is 30.7 Å². The average molecular weight is 371 g/mol. The Morgan fingerprint density at radius 2 is 2.04 bits per heavy atom. The van der Waals surface area contributed by atoms with Crippen molar-refractivity contribution in [3.63, 3.8) is 0 Å². The quantitative estimate of drug-likeness (QED) is 0.416. The smallest absolute Gasteiger partial charge is 0.345 e. The summed E-state index contributed by atoms with van der Waals surface area (Å²) >= 11 is 0. The largest absolute Gasteiger partial charge is 0.506 e. The lowest BCUT2D eigenvalue weighted by Crippen LogP contribution is -2.19. The van der Waals surface area contributed by atoms with Crippen molar-refractivity contribution in [1.82, 2.24) is 14.9 Å². The number of rotatable bonds is 6. The lowest BCUT2D eigenvalue weighted by atomic mass is 10.0. The van der Waals surface area contributed by atoms with E-state index in [4.69, 9.17) is 10.2 Å². The summed E-state index contributed by atoms with van der Waals surface area (Å²) in [4.78, 5) is 25.8. The number of nitrogens with zero attached hydrogens (tertiary/aromatic N) is 1. The van der Waals surface area contributed by atoms with Crippen LogP contribution in [0.2, 0.25) is 0 Å². The molecule has 3 aromatic rings. The van der Waals surface area contributed by atoms with Crippen molar-refractivity contribution in [1.29, 1.82) is 0 Å². The fourth-order valence-electron chi connectivity index (χ4n) is 3.20. The minimum atomic E-state index is -1.47. The minimum Gasteiger partial charge on any atom is -0.506 e. The van der Waals surface area contributed by atoms with Crippen molar-refractivity contribution >= 4 is 16.9 Å². The molecule has 0 aliphatic carbocycles. The molecule has 0 amide bonds. The van der Waals surface area contributed by atoms with Crippen LogP contribution in [0.5, 0.6) is 5.75 Å². The number of aliphatic hydroxyl groups excluding tert-OH is 1. The van der Waals surface area contributed by atoms with Gasteiger partial charge in [-0.15, -0.1) is 0 Å². The van der Waals surface area contributed by atoms with Gasteiger partial charge in [-0.2, -0.15) is 0 Å². The summed E-state index contributed by atoms with van der Waals surface area (Å²) in [6.07, 6.45) is 0. The number of aromatic hydroxyl groups is 1. The number of aromatic carboxylic acids is 1. The molecule has 1 aromatic carbocycles. The molecule has 0 aliphatic rings. The lowest BCUT2D eigenvalue weighted by Gasteiger charge is -2.10. The molecule has 0 spiro atoms. The Bertz CT molecular complexity index is 1080. The number of fused-ring (bicyclic) bond motifs is 1. The van der Waals surface area contributed by atoms with Gasteiger partial charge in [0, 0.05) is 42.3 Å². The molecule has 0 radical (unpaired) electrons. The van der Waals surface area contributed by atoms with E-state index in [0.29, 0.717) is 29.9 Å². The number of benzene rings is 1. The summed E-state index contributed by atoms with van der Waals surface area (Å²) in [6, 6.07) is 7.59. The molecule has 0 atom stereocenters. The number of aryl methyl sites for hydroxylation is 1. The second kappa shape index (κ2) is 7.26. The van der Waals surface area contributed by atoms with Crippen molar-refractivity contribution in [3.05, 3.63) is 51.4 Å². The number of hydrogen-bond acceptors (Lipinski definition) is 5. The first-order valence-corrected chi connectivity index (χ1v) is 8.44. The van der Waals surface area contributed by atoms with Gasteiger partial charge in [-0.1, -0.05) is 6.07 Å². The number of aliphatic hydroxyl groups is 1. The second-order valence-electron chi connectivity index (χ2n) is 6.35. The molecule has 0 bridgehead atoms. The fraction of sp³-hybridized carbons (Fsp3) is 0.263. The first-order valence-electron chi connectivity index (χ1n) is 8.44. The van der Waals surface area contributed by atoms with E-state index in [9.17, 15) is 14.7 Å². The van der Waals surface area contributed by atoms with Crippen LogP contribution in [0, 0.1) is 6.92 Å². The number of aromatic nitrogens is 2. The summed E-state index contributed by atoms with van der Waals surface area (Å²) in [5, 5.41) is 32.2. The van der Waals surface area contributed by atoms with Gasteiger partial charge < -0.3 is 30.2 Å². The van der Waals surface area contributed by atoms with E-state index in [0.717, 1.165) is 16.6 Å². The van der Waals surface area contributed by atoms with Gasteiger partial charge in [0.25, 0.3) is 5.56 Å². The number of carbonyl (C=O) groups is 1. The normalized spacial score (nSPS) is 11.2. The van der Waals surface area contributed by atoms with Crippen molar-refractivity contribution in [2.24, 2.45) is 7.05 Å². The van der Waals surface area contributed by atoms with Crippen LogP contribution in [0.25, 0.3) is 22.2 Å². The van der Waals surface area contributed by atoms with Crippen LogP contribution in [0.1, 0.15) is 21.6 Å². The predicted octanol–water partition coefficient (Wildman–Crippen LogP) is 1.33. The van der Waals surface area contributed by atoms with Crippen molar-refractivity contribution < 1.29 is 20.1 Å². The average Bonchev–Trinajstić information content (AvgIpc) is 2.93. The first kappa shape index (κ1) is 18.7. The fourth-order valence-corrected chi connectivity index (χ4v) is 3.20. The summed E-state index contributed by atoms with van der Waals surface area (Å²) in [6.45, 7) is 2.73. The highest BCUT2D eigenvalue weighted by molar-refractivity contribution is 5.92. The maximum Gasteiger partial charge on any atom is 0.345 e. The topological polar surface area (TPSA) is 128 Å². The van der Waals surface area contributed by atoms with E-state index in [1.165, 1.54) is 0 Å². The van der Waals surface area contributed by atoms with E-state index >= 15 is 0 Å². The van der Waals surface area contributed by atoms with Crippen molar-refractivity contribution in [3.8, 4) is 17.0 Å². The Kier molecular flexibility index (Phi) is 5.02. The van der Waals surface area contributed by atoms with Crippen LogP contribution in [0.4, 0.5) is 0 Å². The maximum absolute atomic E-state index is 12.1. The van der Waals surface area contributed by atoms with Gasteiger partial charge in [-0.3, -0.25) is 4.79 Å². The summed E-state index contributed by atoms with van der Waals surface area (Å²) in [5.74, 6) is -2.00. The molecule has 0 unspecified atom stereocenters. The second-order valence-corrected chi connectivity index (χ2v) is 6.35. The summed E-state index contributed by atoms with van der Waals surface area (Å²) in [5.41, 5.74) is 1.87. The first-order chi connectivity index (χ1) is 12.8. The van der Waals surface area contributed by atoms with Gasteiger partial charge >= 0.3 is 5.97 Å². The number of carboxylic acid groups (broad SMARTS) is 1. The molecule has 8 nitrogen and oxygen atoms in total. The van der Waals surface area contributed by atoms with Crippen molar-refractivity contribution in [2.75, 3.05) is 13.2 Å². The maximum atomic E-state index is 12.1. The molecule has 2 heterocycles. The number of pyridine rings is 1. The molecule has 2 aromatic heterocycles. The van der Waals surface area contributed by atoms with Crippen LogP contribution in [-0.2, 0) is 13.6 Å². The van der Waals surface area contributed by atoms with Gasteiger partial charge in [-0.25, -0.2) is 4.79 Å². The monoisotopic (exact) mass is 371 g/mol. The van der Waals surface area contributed by atoms with Gasteiger partial charge in [0.1, 0.15) is 5.75 Å². The molecule has 27 heavy (non-hydrogen) atoms. The summed E-state index contributed by atoms with van der Waals surface area (Å²) < 4.78 is 2.03. The third-order valence-corrected chi connectivity index (χ3v) is 4.67. The highest BCUT2D eigenvalue weighted by Gasteiger charge is 2.20. The summed E-state index contributed by atoms with van der Waals surface area (Å²) in [7, 11) is 1.94. The Morgan fingerprint density at radius 3 is 2.70 bits per heavy atom. The van der Waals surface area contributed by atoms with Crippen LogP contribution in [0.15, 0.2) is 29.1 Å².